The van der Waals surface area contributed by atoms with E-state index in [1.165, 1.54) is 56.0 Å². The van der Waals surface area contributed by atoms with Gasteiger partial charge in [-0.2, -0.15) is 0 Å². The van der Waals surface area contributed by atoms with Crippen LogP contribution in [0.5, 0.6) is 0 Å². The van der Waals surface area contributed by atoms with Crippen molar-refractivity contribution < 1.29 is 0 Å². The fraction of sp³-hybridized carbons (Fsp3) is 0.810. The molecule has 0 aliphatic carbocycles. The highest BCUT2D eigenvalue weighted by Crippen LogP contribution is 2.24. The number of nitrogens with zero attached hydrogens (tertiary/aromatic N) is 4. The second kappa shape index (κ2) is 9.37. The van der Waals surface area contributed by atoms with E-state index >= 15 is 0 Å². The molecule has 1 N–H and O–H groups in total. The van der Waals surface area contributed by atoms with E-state index in [2.05, 4.69) is 46.3 Å². The molecule has 0 radical (unpaired) electrons. The number of thiazole rings is 1. The van der Waals surface area contributed by atoms with E-state index in [4.69, 9.17) is 4.98 Å². The molecule has 6 heteroatoms. The van der Waals surface area contributed by atoms with Crippen LogP contribution in [0.4, 0.5) is 0 Å². The van der Waals surface area contributed by atoms with Crippen LogP contribution in [0.2, 0.25) is 0 Å². The van der Waals surface area contributed by atoms with Crippen molar-refractivity contribution in [2.45, 2.75) is 58.3 Å². The zero-order valence-corrected chi connectivity index (χ0v) is 18.4. The number of piperidine rings is 1. The Labute approximate surface area is 169 Å². The van der Waals surface area contributed by atoms with Crippen LogP contribution in [-0.2, 0) is 11.8 Å². The third-order valence-electron chi connectivity index (χ3n) is 5.70. The summed E-state index contributed by atoms with van der Waals surface area (Å²) in [5.41, 5.74) is 1.34. The molecule has 1 aromatic rings. The predicted molar refractivity (Wildman–Crippen MR) is 116 cm³/mol. The van der Waals surface area contributed by atoms with Crippen LogP contribution in [0.25, 0.3) is 0 Å². The lowest BCUT2D eigenvalue weighted by molar-refractivity contribution is 0.198. The Morgan fingerprint density at radius 2 is 2.04 bits per heavy atom. The molecule has 2 fully saturated rings. The van der Waals surface area contributed by atoms with Crippen LogP contribution in [0.3, 0.4) is 0 Å². The summed E-state index contributed by atoms with van der Waals surface area (Å²) < 4.78 is 0. The van der Waals surface area contributed by atoms with Gasteiger partial charge in [-0.1, -0.05) is 27.2 Å². The van der Waals surface area contributed by atoms with Gasteiger partial charge >= 0.3 is 0 Å². The second-order valence-electron chi connectivity index (χ2n) is 9.06. The molecule has 0 bridgehead atoms. The maximum Gasteiger partial charge on any atom is 0.193 e. The van der Waals surface area contributed by atoms with Crippen LogP contribution in [0, 0.1) is 5.92 Å². The minimum absolute atomic E-state index is 0.136. The molecule has 3 heterocycles. The Hall–Kier alpha value is -1.14. The fourth-order valence-corrected chi connectivity index (χ4v) is 5.09. The fourth-order valence-electron chi connectivity index (χ4n) is 4.06. The molecule has 1 atom stereocenters. The zero-order valence-electron chi connectivity index (χ0n) is 17.6. The third-order valence-corrected chi connectivity index (χ3v) is 6.61. The van der Waals surface area contributed by atoms with Crippen molar-refractivity contribution >= 4 is 17.3 Å². The van der Waals surface area contributed by atoms with Gasteiger partial charge in [0, 0.05) is 50.4 Å². The normalized spacial score (nSPS) is 22.4. The lowest BCUT2D eigenvalue weighted by atomic mass is 9.93. The quantitative estimate of drug-likeness (QED) is 0.617. The number of aliphatic imine (C=N–C) groups is 1. The molecule has 1 aromatic heterocycles. The number of hydrogen-bond acceptors (Lipinski definition) is 4. The van der Waals surface area contributed by atoms with Crippen molar-refractivity contribution in [1.29, 1.82) is 0 Å². The molecule has 2 saturated heterocycles. The molecule has 0 amide bonds. The van der Waals surface area contributed by atoms with E-state index in [0.717, 1.165) is 37.9 Å². The van der Waals surface area contributed by atoms with Gasteiger partial charge in [-0.25, -0.2) is 4.98 Å². The van der Waals surface area contributed by atoms with E-state index in [0.29, 0.717) is 0 Å². The van der Waals surface area contributed by atoms with Crippen LogP contribution in [-0.4, -0.2) is 67.1 Å². The molecule has 0 saturated carbocycles. The highest BCUT2D eigenvalue weighted by atomic mass is 32.1. The van der Waals surface area contributed by atoms with Crippen molar-refractivity contribution in [2.24, 2.45) is 10.9 Å². The highest BCUT2D eigenvalue weighted by Gasteiger charge is 2.27. The van der Waals surface area contributed by atoms with E-state index in [9.17, 15) is 0 Å². The summed E-state index contributed by atoms with van der Waals surface area (Å²) >= 11 is 1.78. The van der Waals surface area contributed by atoms with Crippen LogP contribution in [0.15, 0.2) is 10.4 Å². The first-order valence-electron chi connectivity index (χ1n) is 10.6. The number of nitrogens with one attached hydrogen (secondary N) is 1. The summed E-state index contributed by atoms with van der Waals surface area (Å²) in [4.78, 5) is 14.4. The summed E-state index contributed by atoms with van der Waals surface area (Å²) in [6.07, 6.45) is 6.43. The summed E-state index contributed by atoms with van der Waals surface area (Å²) in [7, 11) is 1.90. The van der Waals surface area contributed by atoms with Gasteiger partial charge in [-0.05, 0) is 38.3 Å². The monoisotopic (exact) mass is 391 g/mol. The zero-order chi connectivity index (χ0) is 19.3. The largest absolute Gasteiger partial charge is 0.356 e. The summed E-state index contributed by atoms with van der Waals surface area (Å²) in [6.45, 7) is 13.7. The maximum absolute atomic E-state index is 4.80. The van der Waals surface area contributed by atoms with Gasteiger partial charge in [0.2, 0.25) is 0 Å². The minimum atomic E-state index is 0.136. The number of guanidine groups is 1. The summed E-state index contributed by atoms with van der Waals surface area (Å²) in [6, 6.07) is 0. The van der Waals surface area contributed by atoms with Gasteiger partial charge in [0.1, 0.15) is 0 Å². The number of likely N-dealkylation sites (tertiary alicyclic amines) is 2. The Kier molecular flexibility index (Phi) is 7.15. The van der Waals surface area contributed by atoms with Crippen molar-refractivity contribution in [1.82, 2.24) is 20.1 Å². The van der Waals surface area contributed by atoms with E-state index in [1.807, 2.05) is 7.05 Å². The molecule has 0 spiro atoms. The van der Waals surface area contributed by atoms with Crippen LogP contribution < -0.4 is 5.32 Å². The van der Waals surface area contributed by atoms with Gasteiger partial charge in [0.05, 0.1) is 10.7 Å². The molecule has 5 nitrogen and oxygen atoms in total. The Bertz CT molecular complexity index is 612. The first-order chi connectivity index (χ1) is 13.0. The van der Waals surface area contributed by atoms with Gasteiger partial charge in [-0.3, -0.25) is 4.99 Å². The van der Waals surface area contributed by atoms with Gasteiger partial charge in [-0.15, -0.1) is 11.3 Å². The number of rotatable bonds is 5. The first-order valence-corrected chi connectivity index (χ1v) is 11.5. The van der Waals surface area contributed by atoms with Crippen LogP contribution in [0.1, 0.15) is 57.2 Å². The topological polar surface area (TPSA) is 43.8 Å². The minimum Gasteiger partial charge on any atom is -0.356 e. The molecule has 2 aliphatic rings. The van der Waals surface area contributed by atoms with E-state index in [-0.39, 0.29) is 5.41 Å². The average molecular weight is 392 g/mol. The molecule has 27 heavy (non-hydrogen) atoms. The standard InChI is InChI=1S/C21H37N5S/c1-21(2,3)18-16-27-19(24-18)8-10-23-20(22-4)26-13-9-17(15-26)14-25-11-6-5-7-12-25/h16-17H,5-15H2,1-4H3,(H,22,23). The highest BCUT2D eigenvalue weighted by molar-refractivity contribution is 7.09. The van der Waals surface area contributed by atoms with E-state index < -0.39 is 0 Å². The molecule has 1 unspecified atom stereocenters. The maximum atomic E-state index is 4.80. The lowest BCUT2D eigenvalue weighted by Gasteiger charge is -2.29. The van der Waals surface area contributed by atoms with Crippen molar-refractivity contribution in [3.63, 3.8) is 0 Å². The lowest BCUT2D eigenvalue weighted by Crippen LogP contribution is -2.41. The predicted octanol–water partition coefficient (Wildman–Crippen LogP) is 3.37. The molecule has 3 rings (SSSR count). The van der Waals surface area contributed by atoms with Gasteiger partial charge in [0.15, 0.2) is 5.96 Å². The van der Waals surface area contributed by atoms with Crippen molar-refractivity contribution in [3.05, 3.63) is 16.1 Å². The third kappa shape index (κ3) is 5.92. The Morgan fingerprint density at radius 1 is 1.26 bits per heavy atom. The number of aromatic nitrogens is 1. The summed E-state index contributed by atoms with van der Waals surface area (Å²) in [5, 5.41) is 6.98. The molecule has 2 aliphatic heterocycles. The number of hydrogen-bond donors (Lipinski definition) is 1. The Morgan fingerprint density at radius 3 is 2.70 bits per heavy atom. The van der Waals surface area contributed by atoms with Crippen molar-refractivity contribution in [2.75, 3.05) is 46.3 Å². The Balaban J connectivity index is 1.42. The summed E-state index contributed by atoms with van der Waals surface area (Å²) in [5.74, 6) is 1.85. The van der Waals surface area contributed by atoms with E-state index in [1.54, 1.807) is 11.3 Å². The average Bonchev–Trinajstić information content (AvgIpc) is 3.29. The molecule has 152 valence electrons. The second-order valence-corrected chi connectivity index (χ2v) is 10.0. The smallest absolute Gasteiger partial charge is 0.193 e. The first kappa shape index (κ1) is 20.6. The van der Waals surface area contributed by atoms with Gasteiger partial charge in [0.25, 0.3) is 0 Å². The molecular formula is C21H37N5S. The SMILES string of the molecule is CN=C(NCCc1nc(C(C)(C)C)cs1)N1CCC(CN2CCCCC2)C1. The van der Waals surface area contributed by atoms with Gasteiger partial charge < -0.3 is 15.1 Å². The van der Waals surface area contributed by atoms with Crippen molar-refractivity contribution in [3.8, 4) is 0 Å². The van der Waals surface area contributed by atoms with Crippen LogP contribution >= 0.6 is 11.3 Å². The molecule has 0 aromatic carbocycles. The molecular weight excluding hydrogens is 354 g/mol.